The van der Waals surface area contributed by atoms with Crippen LogP contribution in [0.1, 0.15) is 16.7 Å². The van der Waals surface area contributed by atoms with Gasteiger partial charge in [0, 0.05) is 5.56 Å². The number of benzene rings is 1. The summed E-state index contributed by atoms with van der Waals surface area (Å²) in [6, 6.07) is 1.04. The molecular weight excluding hydrogens is 408 g/mol. The number of aryl methyl sites for hydroxylation is 2. The highest BCUT2D eigenvalue weighted by molar-refractivity contribution is 9.09. The van der Waals surface area contributed by atoms with Crippen molar-refractivity contribution in [2.75, 3.05) is 0 Å². The van der Waals surface area contributed by atoms with Gasteiger partial charge in [0.1, 0.15) is 0 Å². The number of alkyl halides is 8. The molecule has 1 N–H and O–H groups in total. The van der Waals surface area contributed by atoms with Gasteiger partial charge < -0.3 is 4.89 Å². The Balaban J connectivity index is 3.76. The van der Waals surface area contributed by atoms with Crippen LogP contribution < -0.4 is 5.30 Å². The van der Waals surface area contributed by atoms with E-state index in [1.54, 1.807) is 0 Å². The summed E-state index contributed by atoms with van der Waals surface area (Å²) in [7, 11) is -6.52. The fourth-order valence-corrected chi connectivity index (χ4v) is 3.63. The minimum Gasteiger partial charge on any atom is -0.337 e. The molecule has 0 aliphatic heterocycles. The Kier molecular flexibility index (Phi) is 4.85. The van der Waals surface area contributed by atoms with E-state index < -0.39 is 34.9 Å². The lowest BCUT2D eigenvalue weighted by atomic mass is 10.1. The lowest BCUT2D eigenvalue weighted by Crippen LogP contribution is -2.40. The highest BCUT2D eigenvalue weighted by Crippen LogP contribution is 2.63. The molecule has 1 aromatic rings. The SMILES string of the molecule is Cc1cc(C(F)(F)Br)c(P(=O)(O)C(F)(F)C(F)(F)F)cc1C. The van der Waals surface area contributed by atoms with E-state index >= 15 is 0 Å². The van der Waals surface area contributed by atoms with Gasteiger partial charge in [-0.05, 0) is 53.0 Å². The third-order valence-corrected chi connectivity index (χ3v) is 5.43. The van der Waals surface area contributed by atoms with Crippen molar-refractivity contribution < 1.29 is 40.2 Å². The summed E-state index contributed by atoms with van der Waals surface area (Å²) < 4.78 is 102. The number of hydrogen-bond donors (Lipinski definition) is 1. The summed E-state index contributed by atoms with van der Waals surface area (Å²) in [6.45, 7) is 2.52. The Morgan fingerprint density at radius 3 is 1.77 bits per heavy atom. The molecule has 0 amide bonds. The van der Waals surface area contributed by atoms with Crippen LogP contribution in [0.15, 0.2) is 12.1 Å². The second-order valence-electron chi connectivity index (χ2n) is 4.57. The molecular formula is C11H9BrF7O2P. The first-order chi connectivity index (χ1) is 9.53. The zero-order valence-corrected chi connectivity index (χ0v) is 13.5. The van der Waals surface area contributed by atoms with E-state index in [9.17, 15) is 40.2 Å². The molecule has 0 radical (unpaired) electrons. The molecule has 0 saturated carbocycles. The van der Waals surface area contributed by atoms with E-state index in [0.717, 1.165) is 0 Å². The van der Waals surface area contributed by atoms with Crippen LogP contribution in [0.3, 0.4) is 0 Å². The molecule has 0 aromatic heterocycles. The zero-order chi connectivity index (χ0) is 17.7. The topological polar surface area (TPSA) is 37.3 Å². The highest BCUT2D eigenvalue weighted by atomic mass is 79.9. The monoisotopic (exact) mass is 416 g/mol. The molecule has 0 saturated heterocycles. The molecule has 1 atom stereocenters. The third-order valence-electron chi connectivity index (χ3n) is 2.97. The maximum Gasteiger partial charge on any atom is 0.463 e. The van der Waals surface area contributed by atoms with Crippen molar-refractivity contribution in [2.24, 2.45) is 0 Å². The summed E-state index contributed by atoms with van der Waals surface area (Å²) in [5.74, 6) is 0. The normalized spacial score (nSPS) is 16.5. The van der Waals surface area contributed by atoms with Crippen LogP contribution in [0.5, 0.6) is 0 Å². The molecule has 1 rings (SSSR count). The molecule has 1 unspecified atom stereocenters. The Morgan fingerprint density at radius 1 is 1.00 bits per heavy atom. The Hall–Kier alpha value is -0.600. The number of hydrogen-bond acceptors (Lipinski definition) is 1. The van der Waals surface area contributed by atoms with Gasteiger partial charge in [-0.25, -0.2) is 0 Å². The van der Waals surface area contributed by atoms with Gasteiger partial charge in [0.15, 0.2) is 0 Å². The first kappa shape index (κ1) is 19.4. The Bertz CT molecular complexity index is 637. The van der Waals surface area contributed by atoms with Gasteiger partial charge in [-0.15, -0.1) is 0 Å². The molecule has 1 aromatic carbocycles. The fraction of sp³-hybridized carbons (Fsp3) is 0.455. The smallest absolute Gasteiger partial charge is 0.337 e. The molecule has 0 bridgehead atoms. The lowest BCUT2D eigenvalue weighted by molar-refractivity contribution is -0.244. The van der Waals surface area contributed by atoms with Gasteiger partial charge in [-0.1, -0.05) is 0 Å². The van der Waals surface area contributed by atoms with Crippen LogP contribution in [0.2, 0.25) is 0 Å². The van der Waals surface area contributed by atoms with Crippen molar-refractivity contribution in [3.63, 3.8) is 0 Å². The predicted molar refractivity (Wildman–Crippen MR) is 69.2 cm³/mol. The fourth-order valence-electron chi connectivity index (χ4n) is 1.60. The van der Waals surface area contributed by atoms with E-state index in [0.29, 0.717) is 12.1 Å². The van der Waals surface area contributed by atoms with Crippen LogP contribution >= 0.6 is 23.3 Å². The van der Waals surface area contributed by atoms with E-state index in [4.69, 9.17) is 0 Å². The maximum absolute atomic E-state index is 13.4. The van der Waals surface area contributed by atoms with Gasteiger partial charge in [-0.2, -0.15) is 30.7 Å². The second kappa shape index (κ2) is 5.49. The molecule has 126 valence electrons. The second-order valence-corrected chi connectivity index (χ2v) is 7.76. The Labute approximate surface area is 128 Å². The lowest BCUT2D eigenvalue weighted by Gasteiger charge is -2.27. The molecule has 2 nitrogen and oxygen atoms in total. The first-order valence-electron chi connectivity index (χ1n) is 5.50. The van der Waals surface area contributed by atoms with Crippen LogP contribution in [-0.4, -0.2) is 16.7 Å². The number of rotatable bonds is 3. The van der Waals surface area contributed by atoms with Gasteiger partial charge in [0.2, 0.25) is 0 Å². The third kappa shape index (κ3) is 3.19. The summed E-state index contributed by atoms with van der Waals surface area (Å²) in [6.07, 6.45) is -6.37. The van der Waals surface area contributed by atoms with Gasteiger partial charge in [-0.3, -0.25) is 4.57 Å². The van der Waals surface area contributed by atoms with Crippen LogP contribution in [-0.2, 0) is 9.40 Å². The van der Waals surface area contributed by atoms with Gasteiger partial charge in [0.05, 0.1) is 5.30 Å². The largest absolute Gasteiger partial charge is 0.463 e. The van der Waals surface area contributed by atoms with E-state index in [-0.39, 0.29) is 11.1 Å². The average Bonchev–Trinajstić information content (AvgIpc) is 2.28. The maximum atomic E-state index is 13.4. The minimum atomic E-state index is -6.52. The molecule has 0 heterocycles. The molecule has 11 heteroatoms. The van der Waals surface area contributed by atoms with Gasteiger partial charge >= 0.3 is 24.0 Å². The zero-order valence-electron chi connectivity index (χ0n) is 11.0. The van der Waals surface area contributed by atoms with Crippen molar-refractivity contribution >= 4 is 28.6 Å². The summed E-state index contributed by atoms with van der Waals surface area (Å²) in [5.41, 5.74) is -7.32. The van der Waals surface area contributed by atoms with Crippen LogP contribution in [0.4, 0.5) is 30.7 Å². The Morgan fingerprint density at radius 2 is 1.41 bits per heavy atom. The van der Waals surface area contributed by atoms with E-state index in [1.165, 1.54) is 13.8 Å². The molecule has 22 heavy (non-hydrogen) atoms. The van der Waals surface area contributed by atoms with Crippen LogP contribution in [0, 0.1) is 13.8 Å². The average molecular weight is 417 g/mol. The van der Waals surface area contributed by atoms with E-state index in [1.807, 2.05) is 15.9 Å². The summed E-state index contributed by atoms with van der Waals surface area (Å²) in [5, 5.41) is -1.64. The molecule has 0 aliphatic rings. The van der Waals surface area contributed by atoms with Crippen molar-refractivity contribution in [2.45, 2.75) is 30.5 Å². The number of halogens is 8. The van der Waals surface area contributed by atoms with Gasteiger partial charge in [0.25, 0.3) is 0 Å². The molecule has 0 fully saturated rings. The quantitative estimate of drug-likeness (QED) is 0.436. The van der Waals surface area contributed by atoms with Crippen molar-refractivity contribution in [1.29, 1.82) is 0 Å². The van der Waals surface area contributed by atoms with Crippen molar-refractivity contribution in [1.82, 2.24) is 0 Å². The van der Waals surface area contributed by atoms with Crippen molar-refractivity contribution in [3.05, 3.63) is 28.8 Å². The summed E-state index contributed by atoms with van der Waals surface area (Å²) >= 11 is 1.81. The molecule has 0 spiro atoms. The standard InChI is InChI=1S/C11H9BrF7O2P/c1-5-3-7(9(12,13)14)8(4-6(5)2)22(20,21)11(18,19)10(15,16)17/h3-4H,1-2H3,(H,20,21). The molecule has 0 aliphatic carbocycles. The van der Waals surface area contributed by atoms with Crippen LogP contribution in [0.25, 0.3) is 0 Å². The first-order valence-corrected chi connectivity index (χ1v) is 7.95. The van der Waals surface area contributed by atoms with Crippen molar-refractivity contribution in [3.8, 4) is 0 Å². The summed E-state index contributed by atoms with van der Waals surface area (Å²) in [4.78, 5) is 5.29. The minimum absolute atomic E-state index is 0.0164. The predicted octanol–water partition coefficient (Wildman–Crippen LogP) is 4.80. The van der Waals surface area contributed by atoms with E-state index in [2.05, 4.69) is 0 Å². The highest BCUT2D eigenvalue weighted by Gasteiger charge is 2.70.